The van der Waals surface area contributed by atoms with Gasteiger partial charge in [0.25, 0.3) is 0 Å². The van der Waals surface area contributed by atoms with Crippen LogP contribution in [-0.2, 0) is 4.79 Å². The first kappa shape index (κ1) is 18.5. The second kappa shape index (κ2) is 7.92. The van der Waals surface area contributed by atoms with Gasteiger partial charge >= 0.3 is 0 Å². The number of carbonyl (C=O) groups excluding carboxylic acids is 1. The third-order valence-electron chi connectivity index (χ3n) is 5.61. The summed E-state index contributed by atoms with van der Waals surface area (Å²) in [6, 6.07) is 16.2. The molecule has 1 heterocycles. The predicted octanol–water partition coefficient (Wildman–Crippen LogP) is 3.48. The molecule has 1 fully saturated rings. The first-order chi connectivity index (χ1) is 12.5. The Bertz CT molecular complexity index is 751. The summed E-state index contributed by atoms with van der Waals surface area (Å²) in [5.41, 5.74) is 4.95. The molecular formula is C22H29N3O. The number of hydrogen-bond donors (Lipinski definition) is 0. The van der Waals surface area contributed by atoms with E-state index in [1.807, 2.05) is 44.3 Å². The summed E-state index contributed by atoms with van der Waals surface area (Å²) in [5.74, 6) is 0.149. The van der Waals surface area contributed by atoms with Gasteiger partial charge in [-0.25, -0.2) is 0 Å². The fraction of sp³-hybridized carbons (Fsp3) is 0.409. The lowest BCUT2D eigenvalue weighted by atomic mass is 10.1. The molecule has 2 aromatic rings. The van der Waals surface area contributed by atoms with Crippen molar-refractivity contribution in [1.82, 2.24) is 4.90 Å². The van der Waals surface area contributed by atoms with Crippen LogP contribution in [-0.4, -0.2) is 50.1 Å². The zero-order chi connectivity index (χ0) is 18.7. The number of hydrogen-bond acceptors (Lipinski definition) is 3. The van der Waals surface area contributed by atoms with Gasteiger partial charge < -0.3 is 9.80 Å². The van der Waals surface area contributed by atoms with Gasteiger partial charge in [0.2, 0.25) is 5.91 Å². The van der Waals surface area contributed by atoms with E-state index in [2.05, 4.69) is 41.8 Å². The average Bonchev–Trinajstić information content (AvgIpc) is 2.69. The minimum absolute atomic E-state index is 0.110. The van der Waals surface area contributed by atoms with Gasteiger partial charge in [-0.3, -0.25) is 9.69 Å². The number of carbonyl (C=O) groups is 1. The van der Waals surface area contributed by atoms with Crippen LogP contribution in [0.5, 0.6) is 0 Å². The molecule has 4 heteroatoms. The van der Waals surface area contributed by atoms with E-state index in [9.17, 15) is 4.79 Å². The van der Waals surface area contributed by atoms with Crippen LogP contribution in [0, 0.1) is 13.8 Å². The number of anilines is 2. The van der Waals surface area contributed by atoms with Crippen molar-refractivity contribution in [2.24, 2.45) is 0 Å². The van der Waals surface area contributed by atoms with Crippen LogP contribution in [0.1, 0.15) is 18.1 Å². The zero-order valence-electron chi connectivity index (χ0n) is 16.3. The van der Waals surface area contributed by atoms with Crippen LogP contribution < -0.4 is 9.80 Å². The highest BCUT2D eigenvalue weighted by Crippen LogP contribution is 2.24. The van der Waals surface area contributed by atoms with E-state index in [4.69, 9.17) is 0 Å². The lowest BCUT2D eigenvalue weighted by molar-refractivity contribution is -0.123. The number of para-hydroxylation sites is 1. The number of rotatable bonds is 4. The highest BCUT2D eigenvalue weighted by Gasteiger charge is 2.28. The standard InChI is InChI=1S/C22H29N3O/c1-17-9-8-12-21(18(17)2)25-15-13-24(14-16-25)19(3)22(26)23(4)20-10-6-5-7-11-20/h5-12,19H,13-16H2,1-4H3/t19-/m1/s1. The van der Waals surface area contributed by atoms with Gasteiger partial charge in [0.1, 0.15) is 0 Å². The molecule has 1 aliphatic heterocycles. The molecule has 0 radical (unpaired) electrons. The maximum absolute atomic E-state index is 12.9. The first-order valence-corrected chi connectivity index (χ1v) is 9.37. The minimum atomic E-state index is -0.110. The average molecular weight is 351 g/mol. The summed E-state index contributed by atoms with van der Waals surface area (Å²) in [7, 11) is 1.86. The van der Waals surface area contributed by atoms with Crippen molar-refractivity contribution < 1.29 is 4.79 Å². The van der Waals surface area contributed by atoms with Gasteiger partial charge in [0.05, 0.1) is 6.04 Å². The van der Waals surface area contributed by atoms with Crippen LogP contribution in [0.2, 0.25) is 0 Å². The van der Waals surface area contributed by atoms with Gasteiger partial charge in [-0.15, -0.1) is 0 Å². The minimum Gasteiger partial charge on any atom is -0.369 e. The van der Waals surface area contributed by atoms with E-state index in [1.165, 1.54) is 16.8 Å². The smallest absolute Gasteiger partial charge is 0.243 e. The van der Waals surface area contributed by atoms with E-state index >= 15 is 0 Å². The summed E-state index contributed by atoms with van der Waals surface area (Å²) < 4.78 is 0. The lowest BCUT2D eigenvalue weighted by Gasteiger charge is -2.40. The summed E-state index contributed by atoms with van der Waals surface area (Å²) in [4.78, 5) is 19.4. The molecule has 1 aliphatic rings. The maximum atomic E-state index is 12.9. The SMILES string of the molecule is Cc1cccc(N2CCN([C@H](C)C(=O)N(C)c3ccccc3)CC2)c1C. The van der Waals surface area contributed by atoms with Crippen molar-refractivity contribution in [2.45, 2.75) is 26.8 Å². The van der Waals surface area contributed by atoms with Crippen LogP contribution in [0.25, 0.3) is 0 Å². The molecule has 26 heavy (non-hydrogen) atoms. The molecule has 0 aliphatic carbocycles. The number of benzene rings is 2. The third-order valence-corrected chi connectivity index (χ3v) is 5.61. The summed E-state index contributed by atoms with van der Waals surface area (Å²) in [6.45, 7) is 10.1. The van der Waals surface area contributed by atoms with Gasteiger partial charge in [0.15, 0.2) is 0 Å². The Morgan fingerprint density at radius 3 is 2.27 bits per heavy atom. The van der Waals surface area contributed by atoms with Crippen molar-refractivity contribution in [1.29, 1.82) is 0 Å². The van der Waals surface area contributed by atoms with Gasteiger partial charge in [-0.2, -0.15) is 0 Å². The number of nitrogens with zero attached hydrogens (tertiary/aromatic N) is 3. The van der Waals surface area contributed by atoms with E-state index in [1.54, 1.807) is 4.90 Å². The van der Waals surface area contributed by atoms with Crippen molar-refractivity contribution in [3.05, 3.63) is 59.7 Å². The molecular weight excluding hydrogens is 322 g/mol. The molecule has 1 saturated heterocycles. The predicted molar refractivity (Wildman–Crippen MR) is 109 cm³/mol. The molecule has 0 N–H and O–H groups in total. The molecule has 2 aromatic carbocycles. The molecule has 4 nitrogen and oxygen atoms in total. The lowest BCUT2D eigenvalue weighted by Crippen LogP contribution is -2.54. The first-order valence-electron chi connectivity index (χ1n) is 9.37. The quantitative estimate of drug-likeness (QED) is 0.844. The Balaban J connectivity index is 1.62. The molecule has 3 rings (SSSR count). The number of amides is 1. The monoisotopic (exact) mass is 351 g/mol. The Labute approximate surface area is 157 Å². The Hall–Kier alpha value is -2.33. The number of likely N-dealkylation sites (N-methyl/N-ethyl adjacent to an activating group) is 1. The second-order valence-electron chi connectivity index (χ2n) is 7.15. The molecule has 1 atom stereocenters. The van der Waals surface area contributed by atoms with Crippen LogP contribution in [0.4, 0.5) is 11.4 Å². The van der Waals surface area contributed by atoms with Gasteiger partial charge in [-0.1, -0.05) is 30.3 Å². The number of aryl methyl sites for hydroxylation is 1. The van der Waals surface area contributed by atoms with Crippen molar-refractivity contribution in [3.63, 3.8) is 0 Å². The molecule has 138 valence electrons. The molecule has 0 bridgehead atoms. The normalized spacial score (nSPS) is 16.4. The van der Waals surface area contributed by atoms with E-state index in [0.717, 1.165) is 31.9 Å². The van der Waals surface area contributed by atoms with Crippen molar-refractivity contribution in [2.75, 3.05) is 43.0 Å². The van der Waals surface area contributed by atoms with E-state index in [0.29, 0.717) is 0 Å². The van der Waals surface area contributed by atoms with E-state index in [-0.39, 0.29) is 11.9 Å². The molecule has 0 aromatic heterocycles. The van der Waals surface area contributed by atoms with E-state index < -0.39 is 0 Å². The summed E-state index contributed by atoms with van der Waals surface area (Å²) in [6.07, 6.45) is 0. The van der Waals surface area contributed by atoms with Crippen LogP contribution >= 0.6 is 0 Å². The van der Waals surface area contributed by atoms with Crippen molar-refractivity contribution in [3.8, 4) is 0 Å². The van der Waals surface area contributed by atoms with Crippen molar-refractivity contribution >= 4 is 17.3 Å². The Morgan fingerprint density at radius 1 is 0.962 bits per heavy atom. The second-order valence-corrected chi connectivity index (χ2v) is 7.15. The molecule has 0 unspecified atom stereocenters. The van der Waals surface area contributed by atoms with Gasteiger partial charge in [-0.05, 0) is 50.1 Å². The Kier molecular flexibility index (Phi) is 5.62. The maximum Gasteiger partial charge on any atom is 0.243 e. The highest BCUT2D eigenvalue weighted by atomic mass is 16.2. The Morgan fingerprint density at radius 2 is 1.62 bits per heavy atom. The highest BCUT2D eigenvalue weighted by molar-refractivity contribution is 5.96. The fourth-order valence-electron chi connectivity index (χ4n) is 3.64. The number of piperazine rings is 1. The fourth-order valence-corrected chi connectivity index (χ4v) is 3.64. The molecule has 0 spiro atoms. The van der Waals surface area contributed by atoms with Crippen LogP contribution in [0.3, 0.4) is 0 Å². The molecule has 0 saturated carbocycles. The largest absolute Gasteiger partial charge is 0.369 e. The van der Waals surface area contributed by atoms with Gasteiger partial charge in [0, 0.05) is 44.6 Å². The molecule has 1 amide bonds. The van der Waals surface area contributed by atoms with Crippen LogP contribution in [0.15, 0.2) is 48.5 Å². The third kappa shape index (κ3) is 3.75. The summed E-state index contributed by atoms with van der Waals surface area (Å²) in [5, 5.41) is 0. The summed E-state index contributed by atoms with van der Waals surface area (Å²) >= 11 is 0. The zero-order valence-corrected chi connectivity index (χ0v) is 16.3. The topological polar surface area (TPSA) is 26.8 Å².